The molecule has 0 rings (SSSR count). The van der Waals surface area contributed by atoms with Gasteiger partial charge >= 0.3 is 0 Å². The predicted molar refractivity (Wildman–Crippen MR) is 46.8 cm³/mol. The van der Waals surface area contributed by atoms with E-state index >= 15 is 0 Å². The molecule has 0 amide bonds. The lowest BCUT2D eigenvalue weighted by molar-refractivity contribution is -0.0322. The third-order valence-corrected chi connectivity index (χ3v) is 1.47. The van der Waals surface area contributed by atoms with Crippen LogP contribution < -0.4 is 0 Å². The highest BCUT2D eigenvalue weighted by Gasteiger charge is 2.05. The Morgan fingerprint density at radius 1 is 1.09 bits per heavy atom. The van der Waals surface area contributed by atoms with Crippen molar-refractivity contribution in [1.29, 1.82) is 0 Å². The quantitative estimate of drug-likeness (QED) is 0.593. The fourth-order valence-corrected chi connectivity index (χ4v) is 0.819. The molecule has 0 fully saturated rings. The Morgan fingerprint density at radius 3 is 2.09 bits per heavy atom. The maximum absolute atomic E-state index is 5.42. The molecular formula is C9H20O2. The summed E-state index contributed by atoms with van der Waals surface area (Å²) >= 11 is 0. The summed E-state index contributed by atoms with van der Waals surface area (Å²) in [4.78, 5) is 0. The van der Waals surface area contributed by atoms with Crippen LogP contribution in [0.4, 0.5) is 0 Å². The first-order valence-electron chi connectivity index (χ1n) is 4.43. The van der Waals surface area contributed by atoms with E-state index in [0.29, 0.717) is 6.10 Å². The monoisotopic (exact) mass is 160 g/mol. The van der Waals surface area contributed by atoms with Gasteiger partial charge in [-0.2, -0.15) is 0 Å². The molecule has 0 N–H and O–H groups in total. The van der Waals surface area contributed by atoms with Crippen LogP contribution in [-0.2, 0) is 9.47 Å². The molecule has 0 aromatic heterocycles. The van der Waals surface area contributed by atoms with E-state index in [1.165, 1.54) is 0 Å². The maximum atomic E-state index is 5.42. The van der Waals surface area contributed by atoms with Crippen LogP contribution in [0.15, 0.2) is 0 Å². The molecule has 0 heterocycles. The van der Waals surface area contributed by atoms with Crippen LogP contribution in [0.1, 0.15) is 34.1 Å². The predicted octanol–water partition coefficient (Wildman–Crippen LogP) is 2.23. The first-order valence-corrected chi connectivity index (χ1v) is 4.43. The Bertz CT molecular complexity index is 81.6. The van der Waals surface area contributed by atoms with Gasteiger partial charge in [-0.15, -0.1) is 0 Å². The molecule has 0 aliphatic carbocycles. The molecule has 0 saturated carbocycles. The molecule has 0 aromatic rings. The zero-order chi connectivity index (χ0) is 8.69. The summed E-state index contributed by atoms with van der Waals surface area (Å²) in [6.07, 6.45) is 1.62. The third kappa shape index (κ3) is 6.32. The summed E-state index contributed by atoms with van der Waals surface area (Å²) in [6.45, 7) is 9.71. The van der Waals surface area contributed by atoms with Crippen LogP contribution in [0.2, 0.25) is 0 Å². The van der Waals surface area contributed by atoms with E-state index in [1.807, 2.05) is 20.8 Å². The Morgan fingerprint density at radius 2 is 1.73 bits per heavy atom. The first kappa shape index (κ1) is 10.9. The Labute approximate surface area is 69.9 Å². The molecule has 0 bridgehead atoms. The molecule has 0 saturated heterocycles. The minimum atomic E-state index is 0.280. The van der Waals surface area contributed by atoms with E-state index in [2.05, 4.69) is 6.92 Å². The molecule has 1 atom stereocenters. The maximum Gasteiger partial charge on any atom is 0.0805 e. The van der Waals surface area contributed by atoms with Crippen molar-refractivity contribution in [3.05, 3.63) is 0 Å². The lowest BCUT2D eigenvalue weighted by Crippen LogP contribution is -2.21. The Balaban J connectivity index is 3.35. The van der Waals surface area contributed by atoms with E-state index in [9.17, 15) is 0 Å². The fraction of sp³-hybridized carbons (Fsp3) is 1.00. The number of hydrogen-bond acceptors (Lipinski definition) is 2. The van der Waals surface area contributed by atoms with Crippen molar-refractivity contribution in [3.63, 3.8) is 0 Å². The molecule has 0 aliphatic heterocycles. The standard InChI is InChI=1S/C9H20O2/c1-5-9(10-6-2)7-11-8(3)4/h8-9H,5-7H2,1-4H3. The van der Waals surface area contributed by atoms with Gasteiger partial charge in [0, 0.05) is 6.61 Å². The van der Waals surface area contributed by atoms with Crippen molar-refractivity contribution in [3.8, 4) is 0 Å². The molecule has 1 unspecified atom stereocenters. The van der Waals surface area contributed by atoms with Gasteiger partial charge in [-0.3, -0.25) is 0 Å². The lowest BCUT2D eigenvalue weighted by atomic mass is 10.3. The average molecular weight is 160 g/mol. The molecule has 11 heavy (non-hydrogen) atoms. The van der Waals surface area contributed by atoms with E-state index in [-0.39, 0.29) is 6.10 Å². The Kier molecular flexibility index (Phi) is 6.57. The second kappa shape index (κ2) is 6.62. The normalized spacial score (nSPS) is 13.9. The summed E-state index contributed by atoms with van der Waals surface area (Å²) in [7, 11) is 0. The van der Waals surface area contributed by atoms with E-state index in [0.717, 1.165) is 19.6 Å². The zero-order valence-electron chi connectivity index (χ0n) is 8.09. The largest absolute Gasteiger partial charge is 0.376 e. The second-order valence-corrected chi connectivity index (χ2v) is 2.87. The first-order chi connectivity index (χ1) is 5.20. The summed E-state index contributed by atoms with van der Waals surface area (Å²) in [6, 6.07) is 0. The van der Waals surface area contributed by atoms with Crippen LogP contribution in [0.5, 0.6) is 0 Å². The smallest absolute Gasteiger partial charge is 0.0805 e. The van der Waals surface area contributed by atoms with Crippen LogP contribution in [0, 0.1) is 0 Å². The van der Waals surface area contributed by atoms with E-state index < -0.39 is 0 Å². The minimum absolute atomic E-state index is 0.280. The van der Waals surface area contributed by atoms with Gasteiger partial charge in [-0.25, -0.2) is 0 Å². The van der Waals surface area contributed by atoms with Crippen LogP contribution in [-0.4, -0.2) is 25.4 Å². The van der Waals surface area contributed by atoms with Crippen molar-refractivity contribution in [2.75, 3.05) is 13.2 Å². The van der Waals surface area contributed by atoms with Crippen LogP contribution in [0.3, 0.4) is 0 Å². The SMILES string of the molecule is CCOC(CC)COC(C)C. The van der Waals surface area contributed by atoms with E-state index in [4.69, 9.17) is 9.47 Å². The van der Waals surface area contributed by atoms with Gasteiger partial charge < -0.3 is 9.47 Å². The van der Waals surface area contributed by atoms with Crippen molar-refractivity contribution < 1.29 is 9.47 Å². The highest BCUT2D eigenvalue weighted by atomic mass is 16.5. The number of hydrogen-bond donors (Lipinski definition) is 0. The molecule has 0 aromatic carbocycles. The minimum Gasteiger partial charge on any atom is -0.376 e. The van der Waals surface area contributed by atoms with Crippen molar-refractivity contribution in [2.24, 2.45) is 0 Å². The zero-order valence-corrected chi connectivity index (χ0v) is 8.09. The van der Waals surface area contributed by atoms with Gasteiger partial charge in [0.25, 0.3) is 0 Å². The third-order valence-electron chi connectivity index (χ3n) is 1.47. The van der Waals surface area contributed by atoms with Gasteiger partial charge in [0.05, 0.1) is 18.8 Å². The highest BCUT2D eigenvalue weighted by Crippen LogP contribution is 2.00. The van der Waals surface area contributed by atoms with Gasteiger partial charge in [-0.05, 0) is 27.2 Å². The summed E-state index contributed by atoms with van der Waals surface area (Å²) in [5.74, 6) is 0. The van der Waals surface area contributed by atoms with Crippen molar-refractivity contribution in [2.45, 2.75) is 46.3 Å². The van der Waals surface area contributed by atoms with E-state index in [1.54, 1.807) is 0 Å². The molecular weight excluding hydrogens is 140 g/mol. The second-order valence-electron chi connectivity index (χ2n) is 2.87. The summed E-state index contributed by atoms with van der Waals surface area (Å²) in [5, 5.41) is 0. The van der Waals surface area contributed by atoms with Gasteiger partial charge in [0.2, 0.25) is 0 Å². The van der Waals surface area contributed by atoms with Crippen LogP contribution in [0.25, 0.3) is 0 Å². The van der Waals surface area contributed by atoms with Gasteiger partial charge in [0.1, 0.15) is 0 Å². The van der Waals surface area contributed by atoms with Crippen molar-refractivity contribution in [1.82, 2.24) is 0 Å². The Hall–Kier alpha value is -0.0800. The molecule has 0 aliphatic rings. The topological polar surface area (TPSA) is 18.5 Å². The lowest BCUT2D eigenvalue weighted by Gasteiger charge is -2.16. The van der Waals surface area contributed by atoms with Crippen LogP contribution >= 0.6 is 0 Å². The molecule has 0 radical (unpaired) electrons. The molecule has 2 nitrogen and oxygen atoms in total. The number of rotatable bonds is 6. The number of ether oxygens (including phenoxy) is 2. The molecule has 68 valence electrons. The molecule has 2 heteroatoms. The summed E-state index contributed by atoms with van der Waals surface area (Å²) < 4.78 is 10.8. The average Bonchev–Trinajstić information content (AvgIpc) is 1.97. The summed E-state index contributed by atoms with van der Waals surface area (Å²) in [5.41, 5.74) is 0. The van der Waals surface area contributed by atoms with Gasteiger partial charge in [0.15, 0.2) is 0 Å². The van der Waals surface area contributed by atoms with Gasteiger partial charge in [-0.1, -0.05) is 6.92 Å². The highest BCUT2D eigenvalue weighted by molar-refractivity contribution is 4.53. The van der Waals surface area contributed by atoms with Crippen molar-refractivity contribution >= 4 is 0 Å². The fourth-order valence-electron chi connectivity index (χ4n) is 0.819. The molecule has 0 spiro atoms.